The first kappa shape index (κ1) is 12.6. The summed E-state index contributed by atoms with van der Waals surface area (Å²) in [6, 6.07) is 15.5. The molecule has 1 N–H and O–H groups in total. The fraction of sp³-hybridized carbons (Fsp3) is 0.0714. The Balaban J connectivity index is 2.01. The first-order valence-electron chi connectivity index (χ1n) is 5.78. The average molecular weight is 335 g/mol. The Hall–Kier alpha value is -1.43. The van der Waals surface area contributed by atoms with Crippen LogP contribution in [0, 0.1) is 0 Å². The molecule has 0 aliphatic heterocycles. The van der Waals surface area contributed by atoms with Gasteiger partial charge in [0.2, 0.25) is 0 Å². The number of benzene rings is 1. The first-order valence-corrected chi connectivity index (χ1v) is 7.39. The molecule has 1 aromatic carbocycles. The van der Waals surface area contributed by atoms with E-state index in [-0.39, 0.29) is 0 Å². The van der Waals surface area contributed by atoms with Gasteiger partial charge in [-0.05, 0) is 46.3 Å². The van der Waals surface area contributed by atoms with Crippen molar-refractivity contribution in [1.82, 2.24) is 9.78 Å². The maximum absolute atomic E-state index is 10.5. The van der Waals surface area contributed by atoms with Gasteiger partial charge in [0.15, 0.2) is 0 Å². The highest BCUT2D eigenvalue weighted by molar-refractivity contribution is 9.11. The molecule has 0 amide bonds. The van der Waals surface area contributed by atoms with Crippen LogP contribution in [0.5, 0.6) is 0 Å². The van der Waals surface area contributed by atoms with Crippen LogP contribution in [-0.4, -0.2) is 14.9 Å². The van der Waals surface area contributed by atoms with Crippen LogP contribution in [0.1, 0.15) is 16.7 Å². The maximum Gasteiger partial charge on any atom is 0.130 e. The number of aromatic nitrogens is 2. The molecule has 0 aliphatic rings. The maximum atomic E-state index is 10.5. The van der Waals surface area contributed by atoms with Crippen molar-refractivity contribution in [2.45, 2.75) is 6.10 Å². The number of aliphatic hydroxyl groups is 1. The molecule has 0 saturated heterocycles. The summed E-state index contributed by atoms with van der Waals surface area (Å²) in [5.41, 5.74) is 1.71. The zero-order chi connectivity index (χ0) is 13.2. The molecule has 3 aromatic rings. The van der Waals surface area contributed by atoms with Crippen LogP contribution >= 0.6 is 27.3 Å². The second-order valence-corrected chi connectivity index (χ2v) is 6.54. The fourth-order valence-electron chi connectivity index (χ4n) is 1.93. The summed E-state index contributed by atoms with van der Waals surface area (Å²) in [5, 5.41) is 14.8. The minimum absolute atomic E-state index is 0.668. The van der Waals surface area contributed by atoms with Gasteiger partial charge in [-0.15, -0.1) is 11.3 Å². The standard InChI is InChI=1S/C14H11BrN2OS/c15-13-7-6-12(19-13)14(18)11-8-9-16-17(11)10-4-2-1-3-5-10/h1-9,14,18H. The molecule has 0 saturated carbocycles. The van der Waals surface area contributed by atoms with Gasteiger partial charge >= 0.3 is 0 Å². The Labute approximate surface area is 123 Å². The molecular formula is C14H11BrN2OS. The van der Waals surface area contributed by atoms with E-state index in [0.717, 1.165) is 20.0 Å². The third kappa shape index (κ3) is 2.49. The Morgan fingerprint density at radius 1 is 1.11 bits per heavy atom. The van der Waals surface area contributed by atoms with Crippen LogP contribution in [0.3, 0.4) is 0 Å². The first-order chi connectivity index (χ1) is 9.25. The Kier molecular flexibility index (Phi) is 3.50. The molecule has 1 unspecified atom stereocenters. The molecule has 0 radical (unpaired) electrons. The summed E-state index contributed by atoms with van der Waals surface area (Å²) in [7, 11) is 0. The van der Waals surface area contributed by atoms with E-state index in [1.165, 1.54) is 11.3 Å². The Bertz CT molecular complexity index is 678. The minimum atomic E-state index is -0.668. The van der Waals surface area contributed by atoms with E-state index in [0.29, 0.717) is 0 Å². The van der Waals surface area contributed by atoms with Crippen LogP contribution in [0.4, 0.5) is 0 Å². The van der Waals surface area contributed by atoms with Gasteiger partial charge in [-0.2, -0.15) is 5.10 Å². The van der Waals surface area contributed by atoms with E-state index in [9.17, 15) is 5.11 Å². The Morgan fingerprint density at radius 2 is 1.89 bits per heavy atom. The molecule has 5 heteroatoms. The number of halogens is 1. The number of aliphatic hydroxyl groups excluding tert-OH is 1. The van der Waals surface area contributed by atoms with Gasteiger partial charge in [0.05, 0.1) is 15.2 Å². The fourth-order valence-corrected chi connectivity index (χ4v) is 3.35. The van der Waals surface area contributed by atoms with Crippen LogP contribution in [0.15, 0.2) is 58.5 Å². The number of rotatable bonds is 3. The van der Waals surface area contributed by atoms with Crippen molar-refractivity contribution in [3.63, 3.8) is 0 Å². The minimum Gasteiger partial charge on any atom is -0.381 e. The Morgan fingerprint density at radius 3 is 2.58 bits per heavy atom. The lowest BCUT2D eigenvalue weighted by Crippen LogP contribution is -2.07. The van der Waals surface area contributed by atoms with Crippen molar-refractivity contribution in [3.05, 3.63) is 69.1 Å². The summed E-state index contributed by atoms with van der Waals surface area (Å²) in [6.07, 6.45) is 1.03. The quantitative estimate of drug-likeness (QED) is 0.791. The van der Waals surface area contributed by atoms with Crippen LogP contribution in [-0.2, 0) is 0 Å². The van der Waals surface area contributed by atoms with E-state index in [4.69, 9.17) is 0 Å². The van der Waals surface area contributed by atoms with Gasteiger partial charge in [0, 0.05) is 11.1 Å². The summed E-state index contributed by atoms with van der Waals surface area (Å²) in [6.45, 7) is 0. The van der Waals surface area contributed by atoms with Crippen molar-refractivity contribution in [3.8, 4) is 5.69 Å². The van der Waals surface area contributed by atoms with E-state index < -0.39 is 6.10 Å². The highest BCUT2D eigenvalue weighted by Crippen LogP contribution is 2.31. The van der Waals surface area contributed by atoms with Crippen LogP contribution in [0.25, 0.3) is 5.69 Å². The monoisotopic (exact) mass is 334 g/mol. The van der Waals surface area contributed by atoms with Gasteiger partial charge in [-0.1, -0.05) is 18.2 Å². The smallest absolute Gasteiger partial charge is 0.130 e. The van der Waals surface area contributed by atoms with Gasteiger partial charge in [0.1, 0.15) is 6.10 Å². The summed E-state index contributed by atoms with van der Waals surface area (Å²) < 4.78 is 2.77. The predicted octanol–water partition coefficient (Wildman–Crippen LogP) is 3.78. The zero-order valence-electron chi connectivity index (χ0n) is 9.90. The van der Waals surface area contributed by atoms with Crippen molar-refractivity contribution in [1.29, 1.82) is 0 Å². The SMILES string of the molecule is OC(c1ccc(Br)s1)c1ccnn1-c1ccccc1. The van der Waals surface area contributed by atoms with Crippen molar-refractivity contribution >= 4 is 27.3 Å². The van der Waals surface area contributed by atoms with E-state index in [1.807, 2.05) is 48.5 Å². The molecule has 0 fully saturated rings. The normalized spacial score (nSPS) is 12.5. The lowest BCUT2D eigenvalue weighted by molar-refractivity contribution is 0.216. The van der Waals surface area contributed by atoms with Crippen molar-refractivity contribution < 1.29 is 5.11 Å². The number of thiophene rings is 1. The largest absolute Gasteiger partial charge is 0.381 e. The van der Waals surface area contributed by atoms with E-state index in [2.05, 4.69) is 21.0 Å². The molecule has 0 aliphatic carbocycles. The molecule has 2 aromatic heterocycles. The topological polar surface area (TPSA) is 38.1 Å². The molecule has 2 heterocycles. The third-order valence-electron chi connectivity index (χ3n) is 2.82. The van der Waals surface area contributed by atoms with Crippen LogP contribution in [0.2, 0.25) is 0 Å². The number of para-hydroxylation sites is 1. The second kappa shape index (κ2) is 5.28. The van der Waals surface area contributed by atoms with Crippen molar-refractivity contribution in [2.75, 3.05) is 0 Å². The molecule has 0 bridgehead atoms. The second-order valence-electron chi connectivity index (χ2n) is 4.05. The summed E-state index contributed by atoms with van der Waals surface area (Å²) in [4.78, 5) is 0.893. The zero-order valence-corrected chi connectivity index (χ0v) is 12.3. The van der Waals surface area contributed by atoms with Gasteiger partial charge in [0.25, 0.3) is 0 Å². The summed E-state index contributed by atoms with van der Waals surface area (Å²) >= 11 is 4.94. The number of nitrogens with zero attached hydrogens (tertiary/aromatic N) is 2. The van der Waals surface area contributed by atoms with E-state index in [1.54, 1.807) is 10.9 Å². The highest BCUT2D eigenvalue weighted by Gasteiger charge is 2.17. The lowest BCUT2D eigenvalue weighted by Gasteiger charge is -2.12. The molecular weight excluding hydrogens is 324 g/mol. The predicted molar refractivity (Wildman–Crippen MR) is 79.6 cm³/mol. The average Bonchev–Trinajstić information content (AvgIpc) is 3.07. The molecule has 0 spiro atoms. The highest BCUT2D eigenvalue weighted by atomic mass is 79.9. The lowest BCUT2D eigenvalue weighted by atomic mass is 10.2. The van der Waals surface area contributed by atoms with E-state index >= 15 is 0 Å². The number of hydrogen-bond acceptors (Lipinski definition) is 3. The molecule has 3 nitrogen and oxygen atoms in total. The molecule has 19 heavy (non-hydrogen) atoms. The molecule has 96 valence electrons. The van der Waals surface area contributed by atoms with Crippen molar-refractivity contribution in [2.24, 2.45) is 0 Å². The van der Waals surface area contributed by atoms with Gasteiger partial charge < -0.3 is 5.11 Å². The number of hydrogen-bond donors (Lipinski definition) is 1. The third-order valence-corrected chi connectivity index (χ3v) is 4.49. The van der Waals surface area contributed by atoms with Gasteiger partial charge in [-0.3, -0.25) is 0 Å². The molecule has 3 rings (SSSR count). The molecule has 1 atom stereocenters. The van der Waals surface area contributed by atoms with Crippen LogP contribution < -0.4 is 0 Å². The van der Waals surface area contributed by atoms with Gasteiger partial charge in [-0.25, -0.2) is 4.68 Å². The summed E-state index contributed by atoms with van der Waals surface area (Å²) in [5.74, 6) is 0.